The Hall–Kier alpha value is -1.50. The van der Waals surface area contributed by atoms with Crippen molar-refractivity contribution in [2.24, 2.45) is 0 Å². The van der Waals surface area contributed by atoms with Crippen LogP contribution in [0.2, 0.25) is 0 Å². The lowest BCUT2D eigenvalue weighted by Crippen LogP contribution is -2.21. The van der Waals surface area contributed by atoms with Crippen molar-refractivity contribution in [3.63, 3.8) is 0 Å². The van der Waals surface area contributed by atoms with E-state index in [-0.39, 0.29) is 6.61 Å². The van der Waals surface area contributed by atoms with Crippen LogP contribution in [0.1, 0.15) is 30.4 Å². The van der Waals surface area contributed by atoms with Gasteiger partial charge < -0.3 is 14.6 Å². The van der Waals surface area contributed by atoms with Gasteiger partial charge in [-0.1, -0.05) is 11.8 Å². The second-order valence-corrected chi connectivity index (χ2v) is 4.35. The van der Waals surface area contributed by atoms with E-state index in [1.165, 1.54) is 6.42 Å². The number of methoxy groups -OCH3 is 1. The molecule has 0 atom stereocenters. The Labute approximate surface area is 108 Å². The first kappa shape index (κ1) is 12.9. The minimum atomic E-state index is -0.130. The molecule has 18 heavy (non-hydrogen) atoms. The fourth-order valence-corrected chi connectivity index (χ4v) is 1.82. The number of aliphatic hydroxyl groups is 1. The summed E-state index contributed by atoms with van der Waals surface area (Å²) >= 11 is 0. The van der Waals surface area contributed by atoms with Crippen LogP contribution in [0.4, 0.5) is 0 Å². The highest BCUT2D eigenvalue weighted by atomic mass is 16.5. The molecule has 3 heteroatoms. The fourth-order valence-electron chi connectivity index (χ4n) is 1.82. The summed E-state index contributed by atoms with van der Waals surface area (Å²) < 4.78 is 11.0. The molecule has 2 rings (SSSR count). The molecule has 0 spiro atoms. The fraction of sp³-hybridized carbons (Fsp3) is 0.467. The molecule has 1 aromatic carbocycles. The van der Waals surface area contributed by atoms with Gasteiger partial charge in [0.2, 0.25) is 0 Å². The van der Waals surface area contributed by atoms with Crippen LogP contribution in [0.3, 0.4) is 0 Å². The smallest absolute Gasteiger partial charge is 0.119 e. The Morgan fingerprint density at radius 3 is 2.83 bits per heavy atom. The third-order valence-corrected chi connectivity index (χ3v) is 3.14. The van der Waals surface area contributed by atoms with Gasteiger partial charge in [-0.3, -0.25) is 0 Å². The Bertz CT molecular complexity index is 453. The zero-order chi connectivity index (χ0) is 12.8. The van der Waals surface area contributed by atoms with E-state index in [1.54, 1.807) is 7.11 Å². The van der Waals surface area contributed by atoms with Gasteiger partial charge in [-0.2, -0.15) is 0 Å². The summed E-state index contributed by atoms with van der Waals surface area (Å²) in [5.74, 6) is 6.41. The van der Waals surface area contributed by atoms with E-state index in [1.807, 2.05) is 18.2 Å². The lowest BCUT2D eigenvalue weighted by Gasteiger charge is -2.25. The second kappa shape index (κ2) is 6.44. The van der Waals surface area contributed by atoms with Crippen molar-refractivity contribution >= 4 is 0 Å². The predicted molar refractivity (Wildman–Crippen MR) is 69.4 cm³/mol. The van der Waals surface area contributed by atoms with Crippen LogP contribution < -0.4 is 4.74 Å². The minimum Gasteiger partial charge on any atom is -0.497 e. The molecule has 0 bridgehead atoms. The maximum Gasteiger partial charge on any atom is 0.119 e. The number of aliphatic hydroxyl groups excluding tert-OH is 1. The van der Waals surface area contributed by atoms with Crippen molar-refractivity contribution in [2.75, 3.05) is 13.7 Å². The largest absolute Gasteiger partial charge is 0.497 e. The lowest BCUT2D eigenvalue weighted by atomic mass is 9.96. The Balaban J connectivity index is 2.11. The van der Waals surface area contributed by atoms with Crippen LogP contribution in [-0.4, -0.2) is 24.9 Å². The lowest BCUT2D eigenvalue weighted by molar-refractivity contribution is -0.00879. The summed E-state index contributed by atoms with van der Waals surface area (Å²) in [5, 5.41) is 8.75. The molecule has 0 saturated heterocycles. The normalized spacial score (nSPS) is 14.6. The summed E-state index contributed by atoms with van der Waals surface area (Å²) in [4.78, 5) is 0. The minimum absolute atomic E-state index is 0.130. The maximum atomic E-state index is 8.75. The molecule has 96 valence electrons. The van der Waals surface area contributed by atoms with Gasteiger partial charge in [-0.05, 0) is 43.0 Å². The summed E-state index contributed by atoms with van der Waals surface area (Å²) in [6, 6.07) is 5.72. The molecule has 1 N–H and O–H groups in total. The monoisotopic (exact) mass is 246 g/mol. The molecule has 0 aromatic heterocycles. The Morgan fingerprint density at radius 2 is 2.22 bits per heavy atom. The molecule has 1 saturated carbocycles. The van der Waals surface area contributed by atoms with Gasteiger partial charge in [0.25, 0.3) is 0 Å². The van der Waals surface area contributed by atoms with E-state index in [2.05, 4.69) is 11.8 Å². The van der Waals surface area contributed by atoms with Crippen molar-refractivity contribution < 1.29 is 14.6 Å². The summed E-state index contributed by atoms with van der Waals surface area (Å²) in [7, 11) is 1.64. The third-order valence-electron chi connectivity index (χ3n) is 3.14. The van der Waals surface area contributed by atoms with Gasteiger partial charge in [-0.25, -0.2) is 0 Å². The van der Waals surface area contributed by atoms with Crippen molar-refractivity contribution in [3.8, 4) is 17.6 Å². The second-order valence-electron chi connectivity index (χ2n) is 4.35. The molecule has 3 nitrogen and oxygen atoms in total. The summed E-state index contributed by atoms with van der Waals surface area (Å²) in [5.41, 5.74) is 1.91. The molecule has 0 radical (unpaired) electrons. The Morgan fingerprint density at radius 1 is 1.39 bits per heavy atom. The van der Waals surface area contributed by atoms with Crippen molar-refractivity contribution in [3.05, 3.63) is 29.3 Å². The van der Waals surface area contributed by atoms with Crippen molar-refractivity contribution in [2.45, 2.75) is 32.0 Å². The van der Waals surface area contributed by atoms with E-state index in [0.29, 0.717) is 12.7 Å². The number of ether oxygens (including phenoxy) is 2. The molecule has 0 unspecified atom stereocenters. The first-order valence-corrected chi connectivity index (χ1v) is 6.21. The molecular formula is C15H18O3. The number of benzene rings is 1. The highest BCUT2D eigenvalue weighted by molar-refractivity contribution is 5.45. The average Bonchev–Trinajstić information content (AvgIpc) is 2.35. The molecular weight excluding hydrogens is 228 g/mol. The zero-order valence-electron chi connectivity index (χ0n) is 10.6. The Kier molecular flexibility index (Phi) is 4.63. The van der Waals surface area contributed by atoms with Crippen LogP contribution in [-0.2, 0) is 11.3 Å². The van der Waals surface area contributed by atoms with Crippen LogP contribution in [0, 0.1) is 11.8 Å². The number of rotatable bonds is 4. The van der Waals surface area contributed by atoms with E-state index < -0.39 is 0 Å². The molecule has 0 amide bonds. The first-order chi connectivity index (χ1) is 8.83. The van der Waals surface area contributed by atoms with E-state index in [9.17, 15) is 0 Å². The van der Waals surface area contributed by atoms with Crippen LogP contribution >= 0.6 is 0 Å². The number of hydrogen-bond donors (Lipinski definition) is 1. The molecule has 0 heterocycles. The van der Waals surface area contributed by atoms with E-state index >= 15 is 0 Å². The summed E-state index contributed by atoms with van der Waals surface area (Å²) in [6.45, 7) is 0.423. The van der Waals surface area contributed by atoms with Gasteiger partial charge >= 0.3 is 0 Å². The average molecular weight is 246 g/mol. The van der Waals surface area contributed by atoms with Crippen LogP contribution in [0.25, 0.3) is 0 Å². The van der Waals surface area contributed by atoms with Crippen molar-refractivity contribution in [1.29, 1.82) is 0 Å². The highest BCUT2D eigenvalue weighted by Gasteiger charge is 2.18. The van der Waals surface area contributed by atoms with Gasteiger partial charge in [-0.15, -0.1) is 0 Å². The highest BCUT2D eigenvalue weighted by Crippen LogP contribution is 2.25. The van der Waals surface area contributed by atoms with Gasteiger partial charge in [0.15, 0.2) is 0 Å². The SMILES string of the molecule is COc1ccc(C#CCO)c(COC2CCC2)c1. The van der Waals surface area contributed by atoms with Gasteiger partial charge in [0.1, 0.15) is 12.4 Å². The van der Waals surface area contributed by atoms with Gasteiger partial charge in [0, 0.05) is 5.56 Å². The molecule has 1 fully saturated rings. The maximum absolute atomic E-state index is 8.75. The van der Waals surface area contributed by atoms with Crippen LogP contribution in [0.5, 0.6) is 5.75 Å². The van der Waals surface area contributed by atoms with Crippen LogP contribution in [0.15, 0.2) is 18.2 Å². The molecule has 0 aliphatic heterocycles. The van der Waals surface area contributed by atoms with E-state index in [0.717, 1.165) is 29.7 Å². The predicted octanol–water partition coefficient (Wildman–Crippen LogP) is 2.11. The topological polar surface area (TPSA) is 38.7 Å². The standard InChI is InChI=1S/C15H18O3/c1-17-15-8-7-12(4-3-9-16)13(10-15)11-18-14-5-2-6-14/h7-8,10,14,16H,2,5-6,9,11H2,1H3. The molecule has 1 aliphatic carbocycles. The first-order valence-electron chi connectivity index (χ1n) is 6.21. The third kappa shape index (κ3) is 3.25. The molecule has 1 aliphatic rings. The summed E-state index contributed by atoms with van der Waals surface area (Å²) in [6.07, 6.45) is 3.97. The van der Waals surface area contributed by atoms with Crippen molar-refractivity contribution in [1.82, 2.24) is 0 Å². The molecule has 1 aromatic rings. The van der Waals surface area contributed by atoms with Gasteiger partial charge in [0.05, 0.1) is 19.8 Å². The zero-order valence-corrected chi connectivity index (χ0v) is 10.6. The quantitative estimate of drug-likeness (QED) is 0.827. The van der Waals surface area contributed by atoms with E-state index in [4.69, 9.17) is 14.6 Å². The number of hydrogen-bond acceptors (Lipinski definition) is 3.